The lowest BCUT2D eigenvalue weighted by atomic mass is 10.1. The van der Waals surface area contributed by atoms with E-state index in [1.54, 1.807) is 48.5 Å². The Hall–Kier alpha value is -3.77. The Morgan fingerprint density at radius 2 is 1.45 bits per heavy atom. The van der Waals surface area contributed by atoms with Crippen LogP contribution in [0.15, 0.2) is 72.8 Å². The van der Waals surface area contributed by atoms with Crippen molar-refractivity contribution in [1.29, 1.82) is 0 Å². The van der Waals surface area contributed by atoms with Crippen molar-refractivity contribution in [3.63, 3.8) is 0 Å². The fourth-order valence-electron chi connectivity index (χ4n) is 3.62. The van der Waals surface area contributed by atoms with Crippen LogP contribution in [0.5, 0.6) is 0 Å². The van der Waals surface area contributed by atoms with Crippen LogP contribution in [-0.4, -0.2) is 37.7 Å². The van der Waals surface area contributed by atoms with Crippen LogP contribution in [-0.2, 0) is 0 Å². The molecule has 0 saturated heterocycles. The Morgan fingerprint density at radius 3 is 2.00 bits per heavy atom. The summed E-state index contributed by atoms with van der Waals surface area (Å²) < 4.78 is -2.08. The number of halogens is 3. The number of alkyl halides is 3. The van der Waals surface area contributed by atoms with Gasteiger partial charge in [0.25, 0.3) is 23.4 Å². The van der Waals surface area contributed by atoms with Crippen molar-refractivity contribution in [2.45, 2.75) is 9.96 Å². The van der Waals surface area contributed by atoms with Gasteiger partial charge in [-0.15, -0.1) is 0 Å². The highest BCUT2D eigenvalue weighted by Gasteiger charge is 2.38. The number of nitro benzene ring substituents is 1. The number of nitrogens with zero attached hydrogens (tertiary/aromatic N) is 2. The van der Waals surface area contributed by atoms with Crippen LogP contribution >= 0.6 is 47.0 Å². The van der Waals surface area contributed by atoms with Crippen molar-refractivity contribution in [2.24, 2.45) is 0 Å². The van der Waals surface area contributed by atoms with Crippen LogP contribution < -0.4 is 20.9 Å². The van der Waals surface area contributed by atoms with Gasteiger partial charge in [-0.2, -0.15) is 0 Å². The quantitative estimate of drug-likeness (QED) is 0.0928. The first-order valence-electron chi connectivity index (χ1n) is 10.7. The topological polar surface area (TPSA) is 134 Å². The number of imide groups is 1. The van der Waals surface area contributed by atoms with Crippen molar-refractivity contribution >= 4 is 86.9 Å². The van der Waals surface area contributed by atoms with E-state index in [-0.39, 0.29) is 33.2 Å². The second-order valence-corrected chi connectivity index (χ2v) is 10.6. The molecule has 1 unspecified atom stereocenters. The molecule has 0 radical (unpaired) electrons. The van der Waals surface area contributed by atoms with E-state index >= 15 is 0 Å². The zero-order chi connectivity index (χ0) is 27.6. The van der Waals surface area contributed by atoms with Gasteiger partial charge in [0, 0.05) is 17.7 Å². The first-order valence-corrected chi connectivity index (χ1v) is 12.3. The van der Waals surface area contributed by atoms with E-state index < -0.39 is 32.6 Å². The van der Waals surface area contributed by atoms with Gasteiger partial charge >= 0.3 is 0 Å². The summed E-state index contributed by atoms with van der Waals surface area (Å²) in [5.41, 5.74) is 0.968. The number of benzene rings is 3. The number of hydrogen-bond acceptors (Lipinski definition) is 6. The average molecular weight is 593 g/mol. The van der Waals surface area contributed by atoms with Crippen LogP contribution in [0.25, 0.3) is 0 Å². The highest BCUT2D eigenvalue weighted by molar-refractivity contribution is 7.80. The molecule has 1 heterocycles. The molecule has 0 aromatic heterocycles. The number of fused-ring (bicyclic) bond motifs is 1. The van der Waals surface area contributed by atoms with E-state index in [0.29, 0.717) is 5.69 Å². The van der Waals surface area contributed by atoms with Gasteiger partial charge in [0.1, 0.15) is 6.17 Å². The Labute approximate surface area is 236 Å². The van der Waals surface area contributed by atoms with Gasteiger partial charge in [0.15, 0.2) is 5.11 Å². The number of rotatable bonds is 6. The minimum Gasteiger partial charge on any atom is -0.339 e. The standard InChI is InChI=1S/C24H16Cl3N5O5S/c25-24(26,27)22(29-19(33)13-9-11-14(12-10-13)32(36)37)30-23(38)28-17-7-3-4-8-18(17)31-20(34)15-5-1-2-6-16(15)21(31)35/h1-12,22H,(H,29,33)(H2,28,30,38). The molecule has 10 nitrogen and oxygen atoms in total. The fraction of sp³-hybridized carbons (Fsp3) is 0.0833. The van der Waals surface area contributed by atoms with Crippen LogP contribution in [0, 0.1) is 10.1 Å². The lowest BCUT2D eigenvalue weighted by Crippen LogP contribution is -2.56. The van der Waals surface area contributed by atoms with E-state index in [1.807, 2.05) is 0 Å². The number of carbonyl (C=O) groups excluding carboxylic acids is 3. The summed E-state index contributed by atoms with van der Waals surface area (Å²) in [5.74, 6) is -1.68. The smallest absolute Gasteiger partial charge is 0.269 e. The molecule has 0 aliphatic carbocycles. The number of nitro groups is 1. The second-order valence-electron chi connectivity index (χ2n) is 7.86. The monoisotopic (exact) mass is 591 g/mol. The molecular weight excluding hydrogens is 577 g/mol. The number of para-hydroxylation sites is 2. The number of amides is 3. The Kier molecular flexibility index (Phi) is 7.83. The van der Waals surface area contributed by atoms with E-state index in [4.69, 9.17) is 47.0 Å². The summed E-state index contributed by atoms with van der Waals surface area (Å²) in [4.78, 5) is 49.9. The van der Waals surface area contributed by atoms with Crippen LogP contribution in [0.1, 0.15) is 31.1 Å². The van der Waals surface area contributed by atoms with Gasteiger partial charge in [-0.05, 0) is 48.6 Å². The molecule has 14 heteroatoms. The van der Waals surface area contributed by atoms with Crippen LogP contribution in [0.3, 0.4) is 0 Å². The lowest BCUT2D eigenvalue weighted by Gasteiger charge is -2.28. The molecule has 1 aliphatic heterocycles. The van der Waals surface area contributed by atoms with E-state index in [9.17, 15) is 24.5 Å². The Morgan fingerprint density at radius 1 is 0.895 bits per heavy atom. The number of nitrogens with one attached hydrogen (secondary N) is 3. The highest BCUT2D eigenvalue weighted by Crippen LogP contribution is 2.34. The maximum atomic E-state index is 13.0. The third-order valence-corrected chi connectivity index (χ3v) is 6.28. The summed E-state index contributed by atoms with van der Waals surface area (Å²) in [6.45, 7) is 0. The summed E-state index contributed by atoms with van der Waals surface area (Å²) in [7, 11) is 0. The van der Waals surface area contributed by atoms with Gasteiger partial charge < -0.3 is 16.0 Å². The zero-order valence-electron chi connectivity index (χ0n) is 19.0. The SMILES string of the molecule is O=C(NC(NC(=S)Nc1ccccc1N1C(=O)c2ccccc2C1=O)C(Cl)(Cl)Cl)c1ccc([N+](=O)[O-])cc1. The first kappa shape index (κ1) is 27.3. The van der Waals surface area contributed by atoms with E-state index in [1.165, 1.54) is 12.1 Å². The van der Waals surface area contributed by atoms with Crippen LogP contribution in [0.4, 0.5) is 17.1 Å². The molecule has 4 rings (SSSR count). The molecule has 3 aromatic rings. The minimum absolute atomic E-state index is 0.0755. The Balaban J connectivity index is 1.51. The van der Waals surface area contributed by atoms with Crippen molar-refractivity contribution in [3.8, 4) is 0 Å². The molecule has 0 fully saturated rings. The van der Waals surface area contributed by atoms with Gasteiger partial charge in [0.05, 0.1) is 27.4 Å². The molecule has 38 heavy (non-hydrogen) atoms. The molecular formula is C24H16Cl3N5O5S. The van der Waals surface area contributed by atoms with Crippen molar-refractivity contribution < 1.29 is 19.3 Å². The molecule has 1 atom stereocenters. The minimum atomic E-state index is -2.08. The van der Waals surface area contributed by atoms with Gasteiger partial charge in [-0.3, -0.25) is 24.5 Å². The van der Waals surface area contributed by atoms with Crippen molar-refractivity contribution in [3.05, 3.63) is 99.6 Å². The second kappa shape index (κ2) is 10.9. The molecule has 194 valence electrons. The van der Waals surface area contributed by atoms with Crippen molar-refractivity contribution in [1.82, 2.24) is 10.6 Å². The number of carbonyl (C=O) groups is 3. The number of hydrogen-bond donors (Lipinski definition) is 3. The summed E-state index contributed by atoms with van der Waals surface area (Å²) in [6, 6.07) is 17.7. The first-order chi connectivity index (χ1) is 18.0. The zero-order valence-corrected chi connectivity index (χ0v) is 22.1. The number of non-ortho nitro benzene ring substituents is 1. The maximum absolute atomic E-state index is 13.0. The molecule has 3 amide bonds. The fourth-order valence-corrected chi connectivity index (χ4v) is 4.18. The highest BCUT2D eigenvalue weighted by atomic mass is 35.6. The largest absolute Gasteiger partial charge is 0.339 e. The predicted molar refractivity (Wildman–Crippen MR) is 148 cm³/mol. The Bertz CT molecular complexity index is 1430. The lowest BCUT2D eigenvalue weighted by molar-refractivity contribution is -0.384. The van der Waals surface area contributed by atoms with E-state index in [0.717, 1.165) is 17.0 Å². The molecule has 3 aromatic carbocycles. The summed E-state index contributed by atoms with van der Waals surface area (Å²) in [6.07, 6.45) is -1.35. The summed E-state index contributed by atoms with van der Waals surface area (Å²) in [5, 5.41) is 18.8. The van der Waals surface area contributed by atoms with Gasteiger partial charge in [-0.25, -0.2) is 4.90 Å². The van der Waals surface area contributed by atoms with Gasteiger partial charge in [0.2, 0.25) is 3.79 Å². The molecule has 0 saturated carbocycles. The number of thiocarbonyl (C=S) groups is 1. The molecule has 0 bridgehead atoms. The maximum Gasteiger partial charge on any atom is 0.269 e. The van der Waals surface area contributed by atoms with Gasteiger partial charge in [-0.1, -0.05) is 59.1 Å². The van der Waals surface area contributed by atoms with Crippen molar-refractivity contribution in [2.75, 3.05) is 10.2 Å². The predicted octanol–water partition coefficient (Wildman–Crippen LogP) is 4.81. The normalized spacial score (nSPS) is 13.5. The van der Waals surface area contributed by atoms with E-state index in [2.05, 4.69) is 16.0 Å². The molecule has 1 aliphatic rings. The van der Waals surface area contributed by atoms with Crippen LogP contribution in [0.2, 0.25) is 0 Å². The molecule has 0 spiro atoms. The third kappa shape index (κ3) is 5.70. The summed E-state index contributed by atoms with van der Waals surface area (Å²) >= 11 is 23.5. The number of anilines is 2. The third-order valence-electron chi connectivity index (χ3n) is 5.41. The average Bonchev–Trinajstić information content (AvgIpc) is 3.13. The molecule has 3 N–H and O–H groups in total.